The Bertz CT molecular complexity index is 1050. The van der Waals surface area contributed by atoms with Gasteiger partial charge in [-0.2, -0.15) is 0 Å². The van der Waals surface area contributed by atoms with Crippen LogP contribution in [0.5, 0.6) is 5.88 Å². The summed E-state index contributed by atoms with van der Waals surface area (Å²) >= 11 is 1.38. The number of aromatic nitrogens is 1. The van der Waals surface area contributed by atoms with E-state index in [2.05, 4.69) is 9.98 Å². The second-order valence-corrected chi connectivity index (χ2v) is 8.29. The summed E-state index contributed by atoms with van der Waals surface area (Å²) in [5.74, 6) is -1.05. The minimum Gasteiger partial charge on any atom is -0.481 e. The normalized spacial score (nSPS) is 22.5. The molecule has 2 heterocycles. The summed E-state index contributed by atoms with van der Waals surface area (Å²) in [5, 5.41) is 0.340. The number of rotatable bonds is 4. The van der Waals surface area contributed by atoms with Crippen molar-refractivity contribution in [2.24, 2.45) is 16.6 Å². The van der Waals surface area contributed by atoms with E-state index in [-0.39, 0.29) is 24.5 Å². The van der Waals surface area contributed by atoms with Gasteiger partial charge in [0.2, 0.25) is 5.88 Å². The zero-order chi connectivity index (χ0) is 21.5. The molecule has 0 spiro atoms. The molecule has 0 fully saturated rings. The highest BCUT2D eigenvalue weighted by atomic mass is 32.2. The molecule has 0 saturated carbocycles. The number of hydrogen-bond donors (Lipinski definition) is 1. The number of nitrogens with zero attached hydrogens (tertiary/aromatic N) is 2. The van der Waals surface area contributed by atoms with Crippen molar-refractivity contribution in [1.82, 2.24) is 4.98 Å². The lowest BCUT2D eigenvalue weighted by molar-refractivity contribution is 0.0523. The molecule has 2 N–H and O–H groups in total. The summed E-state index contributed by atoms with van der Waals surface area (Å²) in [6.45, 7) is 1.98. The average Bonchev–Trinajstić information content (AvgIpc) is 2.71. The molecule has 2 atom stereocenters. The predicted octanol–water partition coefficient (Wildman–Crippen LogP) is 3.22. The number of esters is 1. The number of pyridine rings is 1. The lowest BCUT2D eigenvalue weighted by atomic mass is 9.67. The molecule has 0 saturated heterocycles. The molecule has 158 valence electrons. The van der Waals surface area contributed by atoms with Crippen LogP contribution in [0.4, 0.5) is 8.78 Å². The van der Waals surface area contributed by atoms with Crippen molar-refractivity contribution in [2.45, 2.75) is 25.3 Å². The maximum atomic E-state index is 14.9. The van der Waals surface area contributed by atoms with Gasteiger partial charge >= 0.3 is 5.97 Å². The number of carbonyl (C=O) groups excluding carboxylic acids is 1. The molecule has 1 aliphatic carbocycles. The van der Waals surface area contributed by atoms with Crippen molar-refractivity contribution in [3.05, 3.63) is 58.3 Å². The van der Waals surface area contributed by atoms with Crippen molar-refractivity contribution in [3.63, 3.8) is 0 Å². The molecule has 0 amide bonds. The lowest BCUT2D eigenvalue weighted by Gasteiger charge is -2.45. The molecule has 1 aromatic heterocycles. The van der Waals surface area contributed by atoms with Gasteiger partial charge in [-0.15, -0.1) is 0 Å². The zero-order valence-electron chi connectivity index (χ0n) is 16.6. The molecular formula is C21H21F2N3O3S. The van der Waals surface area contributed by atoms with E-state index in [1.807, 2.05) is 0 Å². The number of thioether (sulfide) groups is 1. The second kappa shape index (κ2) is 7.86. The largest absolute Gasteiger partial charge is 0.481 e. The SMILES string of the molecule is CCOC(=O)c1cnc(OC)c2c1C[C@H]1CSC(N)=N[C@@]1(c1ccc(F)cc1F)C2. The summed E-state index contributed by atoms with van der Waals surface area (Å²) in [7, 11) is 1.48. The van der Waals surface area contributed by atoms with E-state index in [0.717, 1.165) is 11.6 Å². The lowest BCUT2D eigenvalue weighted by Crippen LogP contribution is -2.47. The Hall–Kier alpha value is -2.68. The van der Waals surface area contributed by atoms with Gasteiger partial charge in [-0.3, -0.25) is 4.99 Å². The van der Waals surface area contributed by atoms with Gasteiger partial charge in [0.1, 0.15) is 11.6 Å². The molecule has 4 rings (SSSR count). The van der Waals surface area contributed by atoms with Gasteiger partial charge in [-0.05, 0) is 25.0 Å². The summed E-state index contributed by atoms with van der Waals surface area (Å²) in [6.07, 6.45) is 2.11. The number of benzene rings is 1. The number of hydrogen-bond acceptors (Lipinski definition) is 7. The molecule has 0 unspecified atom stereocenters. The third kappa shape index (κ3) is 3.30. The van der Waals surface area contributed by atoms with E-state index in [1.54, 1.807) is 6.92 Å². The van der Waals surface area contributed by atoms with E-state index >= 15 is 0 Å². The molecular weight excluding hydrogens is 412 g/mol. The summed E-state index contributed by atoms with van der Waals surface area (Å²) in [4.78, 5) is 21.5. The Labute approximate surface area is 176 Å². The van der Waals surface area contributed by atoms with E-state index in [1.165, 1.54) is 37.2 Å². The van der Waals surface area contributed by atoms with Crippen molar-refractivity contribution in [1.29, 1.82) is 0 Å². The smallest absolute Gasteiger partial charge is 0.339 e. The van der Waals surface area contributed by atoms with Crippen LogP contribution in [-0.4, -0.2) is 35.6 Å². The first kappa shape index (κ1) is 20.6. The Kier molecular flexibility index (Phi) is 5.40. The van der Waals surface area contributed by atoms with Crippen LogP contribution in [0.15, 0.2) is 29.4 Å². The minimum atomic E-state index is -1.04. The average molecular weight is 433 g/mol. The summed E-state index contributed by atoms with van der Waals surface area (Å²) < 4.78 is 39.1. The minimum absolute atomic E-state index is 0.164. The topological polar surface area (TPSA) is 86.8 Å². The number of amidine groups is 1. The maximum absolute atomic E-state index is 14.9. The third-order valence-electron chi connectivity index (χ3n) is 5.66. The second-order valence-electron chi connectivity index (χ2n) is 7.25. The molecule has 30 heavy (non-hydrogen) atoms. The molecule has 2 aromatic rings. The van der Waals surface area contributed by atoms with Crippen molar-refractivity contribution >= 4 is 22.9 Å². The van der Waals surface area contributed by atoms with Crippen LogP contribution in [0.2, 0.25) is 0 Å². The van der Waals surface area contributed by atoms with Gasteiger partial charge in [-0.1, -0.05) is 17.8 Å². The highest BCUT2D eigenvalue weighted by Crippen LogP contribution is 2.50. The molecule has 1 aliphatic heterocycles. The molecule has 6 nitrogen and oxygen atoms in total. The first-order valence-corrected chi connectivity index (χ1v) is 10.5. The zero-order valence-corrected chi connectivity index (χ0v) is 17.4. The first-order chi connectivity index (χ1) is 14.4. The summed E-state index contributed by atoms with van der Waals surface area (Å²) in [5.41, 5.74) is 7.07. The van der Waals surface area contributed by atoms with Gasteiger partial charge in [0.25, 0.3) is 0 Å². The van der Waals surface area contributed by atoms with Crippen LogP contribution < -0.4 is 10.5 Å². The van der Waals surface area contributed by atoms with Gasteiger partial charge in [0.15, 0.2) is 5.17 Å². The highest BCUT2D eigenvalue weighted by molar-refractivity contribution is 8.13. The third-order valence-corrected chi connectivity index (χ3v) is 6.62. The maximum Gasteiger partial charge on any atom is 0.339 e. The van der Waals surface area contributed by atoms with Crippen LogP contribution in [0, 0.1) is 17.6 Å². The number of aliphatic imine (C=N–C) groups is 1. The molecule has 0 radical (unpaired) electrons. The monoisotopic (exact) mass is 433 g/mol. The molecule has 2 aliphatic rings. The standard InChI is InChI=1S/C21H21F2N3O3S/c1-3-29-19(27)15-9-25-18(28-2)14-8-21(16-5-4-12(22)7-17(16)23)11(6-13(14)15)10-30-20(24)26-21/h4-5,7,9,11H,3,6,8,10H2,1-2H3,(H2,24,26)/t11-,21-/m0/s1. The first-order valence-electron chi connectivity index (χ1n) is 9.55. The number of ether oxygens (including phenoxy) is 2. The quantitative estimate of drug-likeness (QED) is 0.745. The van der Waals surface area contributed by atoms with Gasteiger partial charge in [0, 0.05) is 41.5 Å². The van der Waals surface area contributed by atoms with E-state index in [4.69, 9.17) is 15.2 Å². The van der Waals surface area contributed by atoms with Crippen molar-refractivity contribution in [2.75, 3.05) is 19.5 Å². The van der Waals surface area contributed by atoms with Gasteiger partial charge < -0.3 is 15.2 Å². The number of nitrogens with two attached hydrogens (primary N) is 1. The molecule has 0 bridgehead atoms. The van der Waals surface area contributed by atoms with Gasteiger partial charge in [0.05, 0.1) is 24.8 Å². The van der Waals surface area contributed by atoms with E-state index in [9.17, 15) is 13.6 Å². The Morgan fingerprint density at radius 3 is 2.87 bits per heavy atom. The Balaban J connectivity index is 1.92. The van der Waals surface area contributed by atoms with Crippen LogP contribution in [-0.2, 0) is 23.1 Å². The number of halogens is 2. The fourth-order valence-electron chi connectivity index (χ4n) is 4.33. The van der Waals surface area contributed by atoms with E-state index < -0.39 is 23.1 Å². The number of methoxy groups -OCH3 is 1. The highest BCUT2D eigenvalue weighted by Gasteiger charge is 2.49. The van der Waals surface area contributed by atoms with Crippen molar-refractivity contribution < 1.29 is 23.0 Å². The number of fused-ring (bicyclic) bond motifs is 2. The fourth-order valence-corrected chi connectivity index (χ4v) is 5.33. The Morgan fingerprint density at radius 1 is 1.37 bits per heavy atom. The van der Waals surface area contributed by atoms with Crippen LogP contribution in [0.25, 0.3) is 0 Å². The van der Waals surface area contributed by atoms with Crippen LogP contribution >= 0.6 is 11.8 Å². The molecule has 1 aromatic carbocycles. The predicted molar refractivity (Wildman–Crippen MR) is 110 cm³/mol. The van der Waals surface area contributed by atoms with Crippen LogP contribution in [0.3, 0.4) is 0 Å². The fraction of sp³-hybridized carbons (Fsp3) is 0.381. The van der Waals surface area contributed by atoms with Crippen molar-refractivity contribution in [3.8, 4) is 5.88 Å². The van der Waals surface area contributed by atoms with Crippen LogP contribution in [0.1, 0.15) is 34.0 Å². The Morgan fingerprint density at radius 2 is 2.17 bits per heavy atom. The van der Waals surface area contributed by atoms with E-state index in [0.29, 0.717) is 34.3 Å². The summed E-state index contributed by atoms with van der Waals surface area (Å²) in [6, 6.07) is 3.50. The number of carbonyl (C=O) groups is 1. The van der Waals surface area contributed by atoms with Gasteiger partial charge in [-0.25, -0.2) is 18.6 Å². The molecule has 9 heteroatoms.